The van der Waals surface area contributed by atoms with Gasteiger partial charge in [-0.15, -0.1) is 0 Å². The maximum absolute atomic E-state index is 13.5. The predicted molar refractivity (Wildman–Crippen MR) is 76.0 cm³/mol. The fourth-order valence-electron chi connectivity index (χ4n) is 1.74. The number of phenolic OH excluding ortho intramolecular Hbond substituents is 1. The van der Waals surface area contributed by atoms with Gasteiger partial charge in [-0.2, -0.15) is 0 Å². The van der Waals surface area contributed by atoms with Crippen molar-refractivity contribution in [1.29, 1.82) is 0 Å². The molecule has 0 heterocycles. The average Bonchev–Trinajstić information content (AvgIpc) is 2.42. The van der Waals surface area contributed by atoms with Crippen LogP contribution in [-0.4, -0.2) is 12.2 Å². The summed E-state index contributed by atoms with van der Waals surface area (Å²) >= 11 is 3.19. The molecule has 0 spiro atoms. The van der Waals surface area contributed by atoms with E-state index in [-0.39, 0.29) is 23.7 Å². The minimum absolute atomic E-state index is 0.0201. The number of halogens is 3. The molecule has 0 aliphatic heterocycles. The second-order valence-electron chi connectivity index (χ2n) is 4.08. The molecule has 106 valence electrons. The quantitative estimate of drug-likeness (QED) is 0.879. The van der Waals surface area contributed by atoms with Gasteiger partial charge >= 0.3 is 0 Å². The molecule has 0 amide bonds. The molecule has 0 bridgehead atoms. The van der Waals surface area contributed by atoms with Crippen molar-refractivity contribution < 1.29 is 18.6 Å². The van der Waals surface area contributed by atoms with E-state index in [9.17, 15) is 13.9 Å². The van der Waals surface area contributed by atoms with Gasteiger partial charge in [-0.25, -0.2) is 8.78 Å². The van der Waals surface area contributed by atoms with E-state index in [1.807, 2.05) is 0 Å². The Bertz CT molecular complexity index is 615. The summed E-state index contributed by atoms with van der Waals surface area (Å²) in [5.74, 6) is -1.05. The summed E-state index contributed by atoms with van der Waals surface area (Å²) in [6.07, 6.45) is 0. The highest BCUT2D eigenvalue weighted by molar-refractivity contribution is 9.10. The zero-order chi connectivity index (χ0) is 14.7. The van der Waals surface area contributed by atoms with Crippen molar-refractivity contribution in [2.75, 3.05) is 12.4 Å². The fourth-order valence-corrected chi connectivity index (χ4v) is 2.23. The summed E-state index contributed by atoms with van der Waals surface area (Å²) in [5.41, 5.74) is 0.518. The van der Waals surface area contributed by atoms with E-state index in [1.165, 1.54) is 25.3 Å². The molecule has 0 saturated carbocycles. The molecule has 0 atom stereocenters. The van der Waals surface area contributed by atoms with E-state index < -0.39 is 11.6 Å². The maximum atomic E-state index is 13.5. The first-order valence-electron chi connectivity index (χ1n) is 5.76. The van der Waals surface area contributed by atoms with Gasteiger partial charge in [-0.3, -0.25) is 0 Å². The number of hydrogen-bond acceptors (Lipinski definition) is 3. The van der Waals surface area contributed by atoms with Gasteiger partial charge in [0.25, 0.3) is 0 Å². The lowest BCUT2D eigenvalue weighted by Crippen LogP contribution is -2.04. The first-order valence-corrected chi connectivity index (χ1v) is 6.55. The number of hydrogen-bond donors (Lipinski definition) is 2. The van der Waals surface area contributed by atoms with Crippen LogP contribution in [-0.2, 0) is 6.54 Å². The Morgan fingerprint density at radius 2 is 1.90 bits per heavy atom. The normalized spacial score (nSPS) is 10.4. The van der Waals surface area contributed by atoms with Gasteiger partial charge in [-0.1, -0.05) is 6.07 Å². The lowest BCUT2D eigenvalue weighted by atomic mass is 10.2. The number of nitrogens with one attached hydrogen (secondary N) is 1. The maximum Gasteiger partial charge on any atom is 0.172 e. The first-order chi connectivity index (χ1) is 9.52. The van der Waals surface area contributed by atoms with E-state index in [4.69, 9.17) is 4.74 Å². The Kier molecular flexibility index (Phi) is 4.44. The van der Waals surface area contributed by atoms with Crippen LogP contribution >= 0.6 is 15.9 Å². The largest absolute Gasteiger partial charge is 0.503 e. The molecule has 2 rings (SSSR count). The van der Waals surface area contributed by atoms with Crippen molar-refractivity contribution in [2.24, 2.45) is 0 Å². The van der Waals surface area contributed by atoms with Crippen molar-refractivity contribution in [3.05, 3.63) is 52.0 Å². The molecule has 0 fully saturated rings. The van der Waals surface area contributed by atoms with Crippen LogP contribution in [0.4, 0.5) is 14.5 Å². The molecule has 2 aromatic carbocycles. The first kappa shape index (κ1) is 14.6. The SMILES string of the molecule is COc1cc(CNc2c(F)cccc2F)cc(Br)c1O. The van der Waals surface area contributed by atoms with Crippen LogP contribution in [0.3, 0.4) is 0 Å². The monoisotopic (exact) mass is 343 g/mol. The van der Waals surface area contributed by atoms with Crippen LogP contribution in [0, 0.1) is 11.6 Å². The summed E-state index contributed by atoms with van der Waals surface area (Å²) in [4.78, 5) is 0. The molecule has 6 heteroatoms. The molecule has 0 unspecified atom stereocenters. The van der Waals surface area contributed by atoms with Gasteiger partial charge in [0.15, 0.2) is 11.5 Å². The molecule has 0 radical (unpaired) electrons. The minimum atomic E-state index is -0.658. The summed E-state index contributed by atoms with van der Waals surface area (Å²) in [5, 5.41) is 12.4. The summed E-state index contributed by atoms with van der Waals surface area (Å²) < 4.78 is 32.4. The Morgan fingerprint density at radius 3 is 2.50 bits per heavy atom. The predicted octanol–water partition coefficient (Wildman–Crippen LogP) is 4.05. The van der Waals surface area contributed by atoms with Crippen molar-refractivity contribution in [2.45, 2.75) is 6.54 Å². The molecule has 0 saturated heterocycles. The van der Waals surface area contributed by atoms with E-state index in [1.54, 1.807) is 12.1 Å². The molecule has 0 aliphatic carbocycles. The second kappa shape index (κ2) is 6.09. The third-order valence-electron chi connectivity index (χ3n) is 2.74. The van der Waals surface area contributed by atoms with E-state index >= 15 is 0 Å². The molecule has 3 nitrogen and oxygen atoms in total. The molecule has 0 aromatic heterocycles. The molecule has 2 aromatic rings. The van der Waals surface area contributed by atoms with Crippen LogP contribution in [0.5, 0.6) is 11.5 Å². The Morgan fingerprint density at radius 1 is 1.25 bits per heavy atom. The number of rotatable bonds is 4. The second-order valence-corrected chi connectivity index (χ2v) is 4.93. The van der Waals surface area contributed by atoms with Crippen LogP contribution in [0.15, 0.2) is 34.8 Å². The van der Waals surface area contributed by atoms with Crippen molar-refractivity contribution in [3.8, 4) is 11.5 Å². The number of phenols is 1. The van der Waals surface area contributed by atoms with Gasteiger partial charge in [0, 0.05) is 6.54 Å². The van der Waals surface area contributed by atoms with Gasteiger partial charge in [0.1, 0.15) is 17.3 Å². The highest BCUT2D eigenvalue weighted by Crippen LogP contribution is 2.35. The lowest BCUT2D eigenvalue weighted by Gasteiger charge is -2.11. The zero-order valence-electron chi connectivity index (χ0n) is 10.6. The van der Waals surface area contributed by atoms with E-state index in [0.29, 0.717) is 10.0 Å². The molecular formula is C14H12BrF2NO2. The number of benzene rings is 2. The highest BCUT2D eigenvalue weighted by Gasteiger charge is 2.11. The summed E-state index contributed by atoms with van der Waals surface area (Å²) in [6, 6.07) is 6.89. The third-order valence-corrected chi connectivity index (χ3v) is 3.34. The van der Waals surface area contributed by atoms with Crippen LogP contribution < -0.4 is 10.1 Å². The van der Waals surface area contributed by atoms with E-state index in [2.05, 4.69) is 21.2 Å². The van der Waals surface area contributed by atoms with Crippen LogP contribution in [0.25, 0.3) is 0 Å². The lowest BCUT2D eigenvalue weighted by molar-refractivity contribution is 0.371. The Labute approximate surface area is 123 Å². The van der Waals surface area contributed by atoms with Gasteiger partial charge in [0.2, 0.25) is 0 Å². The van der Waals surface area contributed by atoms with E-state index in [0.717, 1.165) is 0 Å². The summed E-state index contributed by atoms with van der Waals surface area (Å²) in [7, 11) is 1.43. The molecule has 20 heavy (non-hydrogen) atoms. The van der Waals surface area contributed by atoms with Gasteiger partial charge in [-0.05, 0) is 45.8 Å². The molecular weight excluding hydrogens is 332 g/mol. The minimum Gasteiger partial charge on any atom is -0.503 e. The zero-order valence-corrected chi connectivity index (χ0v) is 12.2. The third kappa shape index (κ3) is 3.01. The van der Waals surface area contributed by atoms with Crippen LogP contribution in [0.1, 0.15) is 5.56 Å². The standard InChI is InChI=1S/C14H12BrF2NO2/c1-20-12-6-8(5-9(15)14(12)19)7-18-13-10(16)3-2-4-11(13)17/h2-6,18-19H,7H2,1H3. The van der Waals surface area contributed by atoms with Crippen molar-refractivity contribution >= 4 is 21.6 Å². The fraction of sp³-hybridized carbons (Fsp3) is 0.143. The topological polar surface area (TPSA) is 41.5 Å². The molecule has 0 aliphatic rings. The van der Waals surface area contributed by atoms with Gasteiger partial charge < -0.3 is 15.2 Å². The van der Waals surface area contributed by atoms with Crippen molar-refractivity contribution in [1.82, 2.24) is 0 Å². The smallest absolute Gasteiger partial charge is 0.172 e. The Hall–Kier alpha value is -1.82. The number of anilines is 1. The van der Waals surface area contributed by atoms with Crippen LogP contribution in [0.2, 0.25) is 0 Å². The highest BCUT2D eigenvalue weighted by atomic mass is 79.9. The van der Waals surface area contributed by atoms with Gasteiger partial charge in [0.05, 0.1) is 11.6 Å². The molecule has 2 N–H and O–H groups in total. The summed E-state index contributed by atoms with van der Waals surface area (Å²) in [6.45, 7) is 0.188. The van der Waals surface area contributed by atoms with Crippen molar-refractivity contribution in [3.63, 3.8) is 0 Å². The number of methoxy groups -OCH3 is 1. The average molecular weight is 344 g/mol. The Balaban J connectivity index is 2.21. The number of para-hydroxylation sites is 1. The number of aromatic hydroxyl groups is 1. The number of ether oxygens (including phenoxy) is 1.